The summed E-state index contributed by atoms with van der Waals surface area (Å²) in [5, 5.41) is 0. The van der Waals surface area contributed by atoms with Crippen molar-refractivity contribution in [1.82, 2.24) is 9.97 Å². The lowest BCUT2D eigenvalue weighted by molar-refractivity contribution is 0.750. The van der Waals surface area contributed by atoms with Gasteiger partial charge < -0.3 is 10.6 Å². The van der Waals surface area contributed by atoms with Gasteiger partial charge in [-0.25, -0.2) is 9.97 Å². The third-order valence-corrected chi connectivity index (χ3v) is 4.22. The first-order valence-corrected chi connectivity index (χ1v) is 7.99. The molecule has 2 aromatic rings. The van der Waals surface area contributed by atoms with Crippen molar-refractivity contribution in [1.29, 1.82) is 0 Å². The van der Waals surface area contributed by atoms with Crippen LogP contribution in [0, 0.1) is 6.92 Å². The van der Waals surface area contributed by atoms with Crippen molar-refractivity contribution in [2.24, 2.45) is 5.73 Å². The molecule has 1 aliphatic rings. The summed E-state index contributed by atoms with van der Waals surface area (Å²) in [6.45, 7) is 8.22. The van der Waals surface area contributed by atoms with E-state index in [0.717, 1.165) is 42.4 Å². The number of nitrogens with two attached hydrogens (primary N) is 1. The van der Waals surface area contributed by atoms with Crippen LogP contribution < -0.4 is 10.6 Å². The number of hydrogen-bond donors (Lipinski definition) is 1. The number of aromatic nitrogens is 2. The van der Waals surface area contributed by atoms with Crippen LogP contribution in [-0.2, 0) is 0 Å². The zero-order valence-electron chi connectivity index (χ0n) is 13.6. The van der Waals surface area contributed by atoms with Gasteiger partial charge in [-0.3, -0.25) is 0 Å². The summed E-state index contributed by atoms with van der Waals surface area (Å²) in [4.78, 5) is 11.5. The van der Waals surface area contributed by atoms with E-state index in [1.165, 1.54) is 5.56 Å². The maximum absolute atomic E-state index is 6.00. The summed E-state index contributed by atoms with van der Waals surface area (Å²) in [5.41, 5.74) is 10.5. The van der Waals surface area contributed by atoms with Gasteiger partial charge in [-0.2, -0.15) is 0 Å². The molecule has 0 spiro atoms. The molecule has 1 aromatic heterocycles. The van der Waals surface area contributed by atoms with Gasteiger partial charge in [0.1, 0.15) is 0 Å². The fourth-order valence-electron chi connectivity index (χ4n) is 2.85. The average molecular weight is 296 g/mol. The summed E-state index contributed by atoms with van der Waals surface area (Å²) in [7, 11) is 0. The Morgan fingerprint density at radius 1 is 1.18 bits per heavy atom. The third-order valence-electron chi connectivity index (χ3n) is 4.22. The minimum absolute atomic E-state index is 0.234. The molecule has 22 heavy (non-hydrogen) atoms. The van der Waals surface area contributed by atoms with E-state index in [2.05, 4.69) is 48.0 Å². The monoisotopic (exact) mass is 296 g/mol. The molecule has 0 bridgehead atoms. The van der Waals surface area contributed by atoms with Crippen molar-refractivity contribution in [3.8, 4) is 11.3 Å². The zero-order chi connectivity index (χ0) is 15.7. The summed E-state index contributed by atoms with van der Waals surface area (Å²) < 4.78 is 0. The highest BCUT2D eigenvalue weighted by atomic mass is 15.3. The lowest BCUT2D eigenvalue weighted by atomic mass is 10.0. The Kier molecular flexibility index (Phi) is 4.12. The molecule has 0 amide bonds. The molecular formula is C18H24N4. The van der Waals surface area contributed by atoms with Gasteiger partial charge in [0, 0.05) is 30.4 Å². The molecule has 116 valence electrons. The first-order chi connectivity index (χ1) is 10.5. The molecule has 1 saturated heterocycles. The predicted octanol–water partition coefficient (Wildman–Crippen LogP) is 3.11. The van der Waals surface area contributed by atoms with Crippen LogP contribution in [0.3, 0.4) is 0 Å². The minimum Gasteiger partial charge on any atom is -0.339 e. The van der Waals surface area contributed by atoms with Crippen molar-refractivity contribution in [2.45, 2.75) is 39.2 Å². The van der Waals surface area contributed by atoms with Gasteiger partial charge in [0.05, 0.1) is 5.69 Å². The zero-order valence-corrected chi connectivity index (χ0v) is 13.6. The second-order valence-electron chi connectivity index (χ2n) is 6.47. The molecule has 0 aliphatic carbocycles. The van der Waals surface area contributed by atoms with E-state index in [0.29, 0.717) is 5.92 Å². The fourth-order valence-corrected chi connectivity index (χ4v) is 2.85. The molecule has 2 N–H and O–H groups in total. The SMILES string of the molecule is Cc1cc(-c2ccc(C(C)C)cc2)nc(N2CCC(N)C2)n1. The molecule has 1 unspecified atom stereocenters. The maximum atomic E-state index is 6.00. The molecule has 4 heteroatoms. The average Bonchev–Trinajstić information content (AvgIpc) is 2.93. The Labute approximate surface area is 132 Å². The van der Waals surface area contributed by atoms with Crippen molar-refractivity contribution in [3.05, 3.63) is 41.6 Å². The largest absolute Gasteiger partial charge is 0.339 e. The normalized spacial score (nSPS) is 18.2. The standard InChI is InChI=1S/C18H24N4/c1-12(2)14-4-6-15(7-5-14)17-10-13(3)20-18(21-17)22-9-8-16(19)11-22/h4-7,10,12,16H,8-9,11,19H2,1-3H3. The van der Waals surface area contributed by atoms with E-state index in [4.69, 9.17) is 10.7 Å². The molecule has 3 rings (SSSR count). The lowest BCUT2D eigenvalue weighted by Gasteiger charge is -2.17. The molecule has 1 aromatic carbocycles. The Bertz CT molecular complexity index is 649. The van der Waals surface area contributed by atoms with E-state index < -0.39 is 0 Å². The van der Waals surface area contributed by atoms with Gasteiger partial charge in [0.15, 0.2) is 0 Å². The number of aryl methyl sites for hydroxylation is 1. The smallest absolute Gasteiger partial charge is 0.226 e. The van der Waals surface area contributed by atoms with Crippen molar-refractivity contribution < 1.29 is 0 Å². The van der Waals surface area contributed by atoms with Crippen LogP contribution in [0.15, 0.2) is 30.3 Å². The Morgan fingerprint density at radius 3 is 2.50 bits per heavy atom. The van der Waals surface area contributed by atoms with Gasteiger partial charge in [-0.05, 0) is 30.9 Å². The summed E-state index contributed by atoms with van der Waals surface area (Å²) >= 11 is 0. The molecule has 1 aliphatic heterocycles. The molecular weight excluding hydrogens is 272 g/mol. The predicted molar refractivity (Wildman–Crippen MR) is 91.1 cm³/mol. The van der Waals surface area contributed by atoms with Crippen LogP contribution in [0.2, 0.25) is 0 Å². The lowest BCUT2D eigenvalue weighted by Crippen LogP contribution is -2.27. The molecule has 0 radical (unpaired) electrons. The van der Waals surface area contributed by atoms with Gasteiger partial charge in [0.25, 0.3) is 0 Å². The number of hydrogen-bond acceptors (Lipinski definition) is 4. The van der Waals surface area contributed by atoms with Crippen molar-refractivity contribution in [3.63, 3.8) is 0 Å². The third kappa shape index (κ3) is 3.12. The van der Waals surface area contributed by atoms with Crippen molar-refractivity contribution in [2.75, 3.05) is 18.0 Å². The Balaban J connectivity index is 1.92. The summed E-state index contributed by atoms with van der Waals surface area (Å²) in [6.07, 6.45) is 1.01. The second kappa shape index (κ2) is 6.05. The highest BCUT2D eigenvalue weighted by molar-refractivity contribution is 5.61. The van der Waals surface area contributed by atoms with E-state index in [-0.39, 0.29) is 6.04 Å². The molecule has 1 fully saturated rings. The van der Waals surface area contributed by atoms with Gasteiger partial charge in [-0.1, -0.05) is 38.1 Å². The Morgan fingerprint density at radius 2 is 1.91 bits per heavy atom. The van der Waals surface area contributed by atoms with Crippen LogP contribution in [0.5, 0.6) is 0 Å². The van der Waals surface area contributed by atoms with E-state index in [1.807, 2.05) is 13.0 Å². The molecule has 0 saturated carbocycles. The number of nitrogens with zero attached hydrogens (tertiary/aromatic N) is 3. The van der Waals surface area contributed by atoms with E-state index in [9.17, 15) is 0 Å². The Hall–Kier alpha value is -1.94. The quantitative estimate of drug-likeness (QED) is 0.945. The fraction of sp³-hybridized carbons (Fsp3) is 0.444. The number of benzene rings is 1. The number of rotatable bonds is 3. The second-order valence-corrected chi connectivity index (χ2v) is 6.47. The summed E-state index contributed by atoms with van der Waals surface area (Å²) in [6, 6.07) is 10.9. The van der Waals surface area contributed by atoms with Crippen LogP contribution in [0.25, 0.3) is 11.3 Å². The first kappa shape index (κ1) is 15.0. The van der Waals surface area contributed by atoms with E-state index in [1.54, 1.807) is 0 Å². The molecule has 2 heterocycles. The molecule has 1 atom stereocenters. The first-order valence-electron chi connectivity index (χ1n) is 7.99. The highest BCUT2D eigenvalue weighted by Gasteiger charge is 2.22. The van der Waals surface area contributed by atoms with Crippen LogP contribution in [0.1, 0.15) is 37.4 Å². The van der Waals surface area contributed by atoms with Crippen LogP contribution in [0.4, 0.5) is 5.95 Å². The maximum Gasteiger partial charge on any atom is 0.226 e. The van der Waals surface area contributed by atoms with Crippen LogP contribution in [-0.4, -0.2) is 29.1 Å². The number of anilines is 1. The summed E-state index contributed by atoms with van der Waals surface area (Å²) in [5.74, 6) is 1.35. The topological polar surface area (TPSA) is 55.0 Å². The van der Waals surface area contributed by atoms with Gasteiger partial charge >= 0.3 is 0 Å². The van der Waals surface area contributed by atoms with E-state index >= 15 is 0 Å². The minimum atomic E-state index is 0.234. The van der Waals surface area contributed by atoms with Gasteiger partial charge in [-0.15, -0.1) is 0 Å². The van der Waals surface area contributed by atoms with Crippen molar-refractivity contribution >= 4 is 5.95 Å². The molecule has 4 nitrogen and oxygen atoms in total. The highest BCUT2D eigenvalue weighted by Crippen LogP contribution is 2.24. The van der Waals surface area contributed by atoms with Crippen LogP contribution >= 0.6 is 0 Å². The van der Waals surface area contributed by atoms with Gasteiger partial charge in [0.2, 0.25) is 5.95 Å².